The molecule has 1 atom stereocenters. The molecule has 1 amide bonds. The molecule has 3 rings (SSSR count). The molecule has 11 heteroatoms. The highest BCUT2D eigenvalue weighted by molar-refractivity contribution is 7.99. The molecule has 1 heterocycles. The van der Waals surface area contributed by atoms with Crippen molar-refractivity contribution in [3.63, 3.8) is 0 Å². The highest BCUT2D eigenvalue weighted by Crippen LogP contribution is 2.36. The van der Waals surface area contributed by atoms with Crippen molar-refractivity contribution in [2.75, 3.05) is 31.9 Å². The van der Waals surface area contributed by atoms with Gasteiger partial charge in [0, 0.05) is 46.0 Å². The fraction of sp³-hybridized carbons (Fsp3) is 0.321. The van der Waals surface area contributed by atoms with Gasteiger partial charge in [0.15, 0.2) is 5.72 Å². The fourth-order valence-corrected chi connectivity index (χ4v) is 5.31. The topological polar surface area (TPSA) is 90.6 Å². The van der Waals surface area contributed by atoms with Gasteiger partial charge in [-0.1, -0.05) is 42.4 Å². The van der Waals surface area contributed by atoms with Crippen molar-refractivity contribution in [1.82, 2.24) is 15.5 Å². The molecule has 2 aromatic rings. The number of benzene rings is 2. The van der Waals surface area contributed by atoms with Gasteiger partial charge < -0.3 is 26.4 Å². The maximum absolute atomic E-state index is 13.0. The first-order valence-electron chi connectivity index (χ1n) is 12.3. The van der Waals surface area contributed by atoms with Crippen LogP contribution in [-0.4, -0.2) is 59.7 Å². The second-order valence-corrected chi connectivity index (χ2v) is 10.5. The van der Waals surface area contributed by atoms with Gasteiger partial charge in [-0.05, 0) is 60.8 Å². The van der Waals surface area contributed by atoms with Crippen LogP contribution in [0.2, 0.25) is 5.02 Å². The Morgan fingerprint density at radius 3 is 2.59 bits per heavy atom. The van der Waals surface area contributed by atoms with Gasteiger partial charge in [0.25, 0.3) is 5.91 Å². The Morgan fingerprint density at radius 1 is 1.18 bits per heavy atom. The maximum Gasteiger partial charge on any atom is 0.393 e. The van der Waals surface area contributed by atoms with Crippen LogP contribution in [0.3, 0.4) is 0 Å². The predicted molar refractivity (Wildman–Crippen MR) is 151 cm³/mol. The van der Waals surface area contributed by atoms with E-state index in [2.05, 4.69) is 17.2 Å². The highest BCUT2D eigenvalue weighted by Gasteiger charge is 2.46. The summed E-state index contributed by atoms with van der Waals surface area (Å²) in [6, 6.07) is 14.6. The van der Waals surface area contributed by atoms with Crippen LogP contribution >= 0.6 is 23.4 Å². The smallest absolute Gasteiger partial charge is 0.393 e. The van der Waals surface area contributed by atoms with Crippen LogP contribution in [0.5, 0.6) is 0 Å². The van der Waals surface area contributed by atoms with Gasteiger partial charge in [0.05, 0.1) is 12.2 Å². The third-order valence-corrected chi connectivity index (χ3v) is 7.37. The molecule has 0 spiro atoms. The minimum atomic E-state index is -4.55. The molecule has 0 saturated carbocycles. The summed E-state index contributed by atoms with van der Waals surface area (Å²) < 4.78 is 39.1. The minimum Gasteiger partial charge on any atom is -0.405 e. The van der Waals surface area contributed by atoms with Gasteiger partial charge in [-0.25, -0.2) is 0 Å². The quantitative estimate of drug-likeness (QED) is 0.215. The number of nitrogens with zero attached hydrogens (tertiary/aromatic N) is 1. The first-order chi connectivity index (χ1) is 18.5. The number of aliphatic hydroxyl groups is 1. The van der Waals surface area contributed by atoms with Gasteiger partial charge in [0.1, 0.15) is 0 Å². The highest BCUT2D eigenvalue weighted by atomic mass is 35.5. The Balaban J connectivity index is 1.54. The molecule has 2 aromatic carbocycles. The van der Waals surface area contributed by atoms with Gasteiger partial charge in [-0.3, -0.25) is 4.79 Å². The number of carbonyl (C=O) groups excluding carboxylic acids is 1. The third kappa shape index (κ3) is 9.06. The van der Waals surface area contributed by atoms with Crippen molar-refractivity contribution in [2.24, 2.45) is 5.73 Å². The number of carbonyl (C=O) groups is 1. The summed E-state index contributed by atoms with van der Waals surface area (Å²) in [6.07, 6.45) is -0.991. The van der Waals surface area contributed by atoms with Crippen molar-refractivity contribution in [1.29, 1.82) is 0 Å². The number of nitrogens with two attached hydrogens (primary N) is 1. The van der Waals surface area contributed by atoms with Gasteiger partial charge >= 0.3 is 6.18 Å². The number of halogens is 4. The van der Waals surface area contributed by atoms with E-state index in [1.54, 1.807) is 18.2 Å². The normalized spacial score (nSPS) is 18.5. The molecule has 0 saturated heterocycles. The SMILES string of the molecule is C=c1cc(Cl)cc/c1=C(/C=C\N)NCCCNCCN1C(=O)C(CC(F)(F)F)=CC1(O)CSc1ccccc1. The Kier molecular flexibility index (Phi) is 10.9. The summed E-state index contributed by atoms with van der Waals surface area (Å²) in [7, 11) is 0. The average molecular weight is 581 g/mol. The average Bonchev–Trinajstić information content (AvgIpc) is 3.10. The van der Waals surface area contributed by atoms with Crippen LogP contribution in [0.15, 0.2) is 77.4 Å². The lowest BCUT2D eigenvalue weighted by Gasteiger charge is -2.33. The van der Waals surface area contributed by atoms with Crippen LogP contribution in [0, 0.1) is 0 Å². The summed E-state index contributed by atoms with van der Waals surface area (Å²) in [5.41, 5.74) is 4.13. The molecule has 1 aliphatic rings. The molecule has 6 nitrogen and oxygen atoms in total. The summed E-state index contributed by atoms with van der Waals surface area (Å²) in [4.78, 5) is 14.8. The molecule has 0 aromatic heterocycles. The van der Waals surface area contributed by atoms with E-state index in [-0.39, 0.29) is 12.3 Å². The predicted octanol–water partition coefficient (Wildman–Crippen LogP) is 3.10. The monoisotopic (exact) mass is 580 g/mol. The molecule has 5 N–H and O–H groups in total. The molecule has 0 radical (unpaired) electrons. The molecular formula is C28H32ClF3N4O2S. The van der Waals surface area contributed by atoms with Gasteiger partial charge in [-0.2, -0.15) is 13.2 Å². The third-order valence-electron chi connectivity index (χ3n) is 5.96. The zero-order valence-corrected chi connectivity index (χ0v) is 22.9. The van der Waals surface area contributed by atoms with E-state index in [0.29, 0.717) is 31.1 Å². The van der Waals surface area contributed by atoms with Crippen molar-refractivity contribution in [3.8, 4) is 0 Å². The Bertz CT molecular complexity index is 1300. The summed E-state index contributed by atoms with van der Waals surface area (Å²) >= 11 is 7.29. The first-order valence-corrected chi connectivity index (χ1v) is 13.7. The molecule has 210 valence electrons. The minimum absolute atomic E-state index is 0.0142. The maximum atomic E-state index is 13.0. The lowest BCUT2D eigenvalue weighted by Crippen LogP contribution is -2.51. The fourth-order valence-electron chi connectivity index (χ4n) is 4.15. The summed E-state index contributed by atoms with van der Waals surface area (Å²) in [5.74, 6) is -0.785. The van der Waals surface area contributed by atoms with Gasteiger partial charge in [0.2, 0.25) is 0 Å². The summed E-state index contributed by atoms with van der Waals surface area (Å²) in [5, 5.41) is 19.9. The molecule has 39 heavy (non-hydrogen) atoms. The standard InChI is InChI=1S/C28H32ClF3N4O2S/c1-20-16-22(29)8-9-24(20)25(10-11-33)35-13-5-12-34-14-15-36-26(37)21(18-28(30,31)32)17-27(36,38)19-39-23-6-3-2-4-7-23/h2-4,6-11,16-17,34-35,38H,1,5,12-15,18-19,33H2/b11-10-,25-24+. The number of amides is 1. The Hall–Kier alpha value is -2.92. The number of hydrogen-bond acceptors (Lipinski definition) is 6. The van der Waals surface area contributed by atoms with E-state index in [1.165, 1.54) is 18.0 Å². The zero-order chi connectivity index (χ0) is 28.5. The largest absolute Gasteiger partial charge is 0.405 e. The van der Waals surface area contributed by atoms with Crippen LogP contribution in [0.1, 0.15) is 12.8 Å². The van der Waals surface area contributed by atoms with Crippen molar-refractivity contribution < 1.29 is 23.1 Å². The molecule has 0 bridgehead atoms. The Morgan fingerprint density at radius 2 is 1.92 bits per heavy atom. The van der Waals surface area contributed by atoms with E-state index >= 15 is 0 Å². The Labute approximate surface area is 235 Å². The molecule has 1 unspecified atom stereocenters. The van der Waals surface area contributed by atoms with Crippen LogP contribution in [0.4, 0.5) is 13.2 Å². The number of hydrogen-bond donors (Lipinski definition) is 4. The molecular weight excluding hydrogens is 549 g/mol. The zero-order valence-electron chi connectivity index (χ0n) is 21.3. The lowest BCUT2D eigenvalue weighted by molar-refractivity contribution is -0.145. The van der Waals surface area contributed by atoms with E-state index in [9.17, 15) is 23.1 Å². The first kappa shape index (κ1) is 30.6. The van der Waals surface area contributed by atoms with E-state index < -0.39 is 29.8 Å². The van der Waals surface area contributed by atoms with Crippen molar-refractivity contribution in [2.45, 2.75) is 29.6 Å². The number of rotatable bonds is 13. The van der Waals surface area contributed by atoms with E-state index in [0.717, 1.165) is 32.0 Å². The van der Waals surface area contributed by atoms with Gasteiger partial charge in [-0.15, -0.1) is 11.8 Å². The van der Waals surface area contributed by atoms with E-state index in [1.807, 2.05) is 36.4 Å². The number of thioether (sulfide) groups is 1. The second-order valence-electron chi connectivity index (χ2n) is 9.00. The van der Waals surface area contributed by atoms with Crippen LogP contribution in [0.25, 0.3) is 12.3 Å². The molecule has 0 aliphatic carbocycles. The second kappa shape index (κ2) is 13.9. The van der Waals surface area contributed by atoms with Crippen LogP contribution < -0.4 is 26.8 Å². The van der Waals surface area contributed by atoms with Crippen molar-refractivity contribution >= 4 is 41.5 Å². The number of alkyl halides is 3. The lowest BCUT2D eigenvalue weighted by atomic mass is 10.1. The van der Waals surface area contributed by atoms with Crippen molar-refractivity contribution in [3.05, 3.63) is 87.9 Å². The van der Waals surface area contributed by atoms with E-state index in [4.69, 9.17) is 17.3 Å². The number of nitrogens with one attached hydrogen (secondary N) is 2. The molecule has 1 aliphatic heterocycles. The molecule has 0 fully saturated rings. The summed E-state index contributed by atoms with van der Waals surface area (Å²) in [6.45, 7) is 5.55. The van der Waals surface area contributed by atoms with Crippen LogP contribution in [-0.2, 0) is 4.79 Å².